The molecule has 2 saturated heterocycles. The fourth-order valence-corrected chi connectivity index (χ4v) is 4.32. The van der Waals surface area contributed by atoms with Gasteiger partial charge in [0.15, 0.2) is 0 Å². The summed E-state index contributed by atoms with van der Waals surface area (Å²) >= 11 is 0. The molecule has 3 heterocycles. The maximum Gasteiger partial charge on any atom is 0.226 e. The highest BCUT2D eigenvalue weighted by Gasteiger charge is 2.49. The molecule has 1 aromatic rings. The molecule has 3 aliphatic rings. The van der Waals surface area contributed by atoms with Crippen molar-refractivity contribution in [3.8, 4) is 0 Å². The number of aryl methyl sites for hydroxylation is 1. The highest BCUT2D eigenvalue weighted by Crippen LogP contribution is 2.35. The average Bonchev–Trinajstić information content (AvgIpc) is 3.26. The largest absolute Gasteiger partial charge is 0.337 e. The number of carbonyl (C=O) groups excluding carboxylic acids is 2. The maximum absolute atomic E-state index is 12.8. The van der Waals surface area contributed by atoms with Crippen LogP contribution in [0.15, 0.2) is 30.4 Å². The predicted octanol–water partition coefficient (Wildman–Crippen LogP) is 2.06. The first kappa shape index (κ1) is 15.4. The summed E-state index contributed by atoms with van der Waals surface area (Å²) < 4.78 is 0. The second-order valence-corrected chi connectivity index (χ2v) is 7.09. The van der Waals surface area contributed by atoms with E-state index < -0.39 is 0 Å². The highest BCUT2D eigenvalue weighted by molar-refractivity contribution is 5.85. The SMILES string of the molecule is Cc1cccc(CN2C(=O)C[C@H]3[C@H]2CCN3C(=O)C2CC=CC2)n1. The Hall–Kier alpha value is -2.17. The van der Waals surface area contributed by atoms with Crippen LogP contribution in [0.2, 0.25) is 0 Å². The summed E-state index contributed by atoms with van der Waals surface area (Å²) in [7, 11) is 0. The van der Waals surface area contributed by atoms with E-state index in [1.165, 1.54) is 0 Å². The molecule has 2 fully saturated rings. The Morgan fingerprint density at radius 3 is 2.79 bits per heavy atom. The molecule has 4 rings (SSSR count). The van der Waals surface area contributed by atoms with Crippen LogP contribution >= 0.6 is 0 Å². The van der Waals surface area contributed by atoms with Crippen molar-refractivity contribution in [3.63, 3.8) is 0 Å². The van der Waals surface area contributed by atoms with Crippen molar-refractivity contribution in [1.29, 1.82) is 0 Å². The fraction of sp³-hybridized carbons (Fsp3) is 0.526. The minimum absolute atomic E-state index is 0.0513. The van der Waals surface area contributed by atoms with Crippen molar-refractivity contribution in [2.24, 2.45) is 5.92 Å². The molecule has 0 radical (unpaired) electrons. The zero-order valence-corrected chi connectivity index (χ0v) is 14.0. The van der Waals surface area contributed by atoms with Crippen LogP contribution in [0.1, 0.15) is 37.1 Å². The number of allylic oxidation sites excluding steroid dienone is 2. The minimum atomic E-state index is 0.0513. The van der Waals surface area contributed by atoms with Crippen LogP contribution in [0.25, 0.3) is 0 Å². The Bertz CT molecular complexity index is 692. The molecule has 2 amide bonds. The number of pyridine rings is 1. The lowest BCUT2D eigenvalue weighted by Crippen LogP contribution is -2.42. The van der Waals surface area contributed by atoms with Gasteiger partial charge in [-0.15, -0.1) is 0 Å². The van der Waals surface area contributed by atoms with Crippen LogP contribution in [0.4, 0.5) is 0 Å². The number of rotatable bonds is 3. The van der Waals surface area contributed by atoms with Gasteiger partial charge in [0.05, 0.1) is 24.3 Å². The van der Waals surface area contributed by atoms with Gasteiger partial charge >= 0.3 is 0 Å². The molecule has 1 aliphatic carbocycles. The fourth-order valence-electron chi connectivity index (χ4n) is 4.32. The van der Waals surface area contributed by atoms with Gasteiger partial charge < -0.3 is 9.80 Å². The molecule has 2 aliphatic heterocycles. The zero-order chi connectivity index (χ0) is 16.7. The summed E-state index contributed by atoms with van der Waals surface area (Å²) in [5.41, 5.74) is 1.89. The lowest BCUT2D eigenvalue weighted by Gasteiger charge is -2.27. The summed E-state index contributed by atoms with van der Waals surface area (Å²) in [6.07, 6.45) is 7.21. The molecule has 0 aromatic carbocycles. The third-order valence-electron chi connectivity index (χ3n) is 5.53. The second-order valence-electron chi connectivity index (χ2n) is 7.09. The third kappa shape index (κ3) is 2.62. The van der Waals surface area contributed by atoms with E-state index in [-0.39, 0.29) is 29.8 Å². The van der Waals surface area contributed by atoms with Crippen molar-refractivity contribution in [2.75, 3.05) is 6.54 Å². The third-order valence-corrected chi connectivity index (χ3v) is 5.53. The average molecular weight is 325 g/mol. The van der Waals surface area contributed by atoms with Gasteiger partial charge in [-0.2, -0.15) is 0 Å². The van der Waals surface area contributed by atoms with E-state index >= 15 is 0 Å². The summed E-state index contributed by atoms with van der Waals surface area (Å²) in [5, 5.41) is 0. The van der Waals surface area contributed by atoms with E-state index in [4.69, 9.17) is 0 Å². The molecule has 126 valence electrons. The molecule has 0 spiro atoms. The van der Waals surface area contributed by atoms with Gasteiger partial charge in [0.1, 0.15) is 0 Å². The molecule has 0 N–H and O–H groups in total. The van der Waals surface area contributed by atoms with Crippen LogP contribution < -0.4 is 0 Å². The molecule has 24 heavy (non-hydrogen) atoms. The Morgan fingerprint density at radius 2 is 2.04 bits per heavy atom. The number of likely N-dealkylation sites (tertiary alicyclic amines) is 2. The Kier molecular flexibility index (Phi) is 3.87. The minimum Gasteiger partial charge on any atom is -0.337 e. The molecule has 0 bridgehead atoms. The molecular formula is C19H23N3O2. The highest BCUT2D eigenvalue weighted by atomic mass is 16.2. The van der Waals surface area contributed by atoms with E-state index in [0.717, 1.165) is 37.2 Å². The van der Waals surface area contributed by atoms with Gasteiger partial charge in [-0.05, 0) is 38.3 Å². The van der Waals surface area contributed by atoms with Crippen LogP contribution in [-0.2, 0) is 16.1 Å². The van der Waals surface area contributed by atoms with Gasteiger partial charge in [0.25, 0.3) is 0 Å². The Morgan fingerprint density at radius 1 is 1.25 bits per heavy atom. The van der Waals surface area contributed by atoms with Gasteiger partial charge in [-0.3, -0.25) is 14.6 Å². The van der Waals surface area contributed by atoms with Gasteiger partial charge in [-0.25, -0.2) is 0 Å². The van der Waals surface area contributed by atoms with E-state index in [2.05, 4.69) is 17.1 Å². The van der Waals surface area contributed by atoms with Crippen molar-refractivity contribution in [3.05, 3.63) is 41.7 Å². The van der Waals surface area contributed by atoms with E-state index in [0.29, 0.717) is 13.0 Å². The van der Waals surface area contributed by atoms with Crippen LogP contribution in [-0.4, -0.2) is 45.2 Å². The summed E-state index contributed by atoms with van der Waals surface area (Å²) in [6, 6.07) is 6.11. The lowest BCUT2D eigenvalue weighted by atomic mass is 10.0. The molecule has 5 heteroatoms. The van der Waals surface area contributed by atoms with Crippen molar-refractivity contribution in [1.82, 2.24) is 14.8 Å². The number of nitrogens with zero attached hydrogens (tertiary/aromatic N) is 3. The molecule has 5 nitrogen and oxygen atoms in total. The molecule has 1 aromatic heterocycles. The number of hydrogen-bond donors (Lipinski definition) is 0. The zero-order valence-electron chi connectivity index (χ0n) is 14.0. The first-order valence-electron chi connectivity index (χ1n) is 8.81. The van der Waals surface area contributed by atoms with Crippen molar-refractivity contribution >= 4 is 11.8 Å². The normalized spacial score (nSPS) is 26.5. The van der Waals surface area contributed by atoms with Gasteiger partial charge in [-0.1, -0.05) is 18.2 Å². The summed E-state index contributed by atoms with van der Waals surface area (Å²) in [5.74, 6) is 0.470. The summed E-state index contributed by atoms with van der Waals surface area (Å²) in [4.78, 5) is 33.7. The smallest absolute Gasteiger partial charge is 0.226 e. The number of hydrogen-bond acceptors (Lipinski definition) is 3. The Labute approximate surface area is 142 Å². The number of carbonyl (C=O) groups is 2. The lowest BCUT2D eigenvalue weighted by molar-refractivity contribution is -0.136. The summed E-state index contributed by atoms with van der Waals surface area (Å²) in [6.45, 7) is 3.29. The van der Waals surface area contributed by atoms with Crippen LogP contribution in [0.3, 0.4) is 0 Å². The quantitative estimate of drug-likeness (QED) is 0.799. The van der Waals surface area contributed by atoms with E-state index in [1.54, 1.807) is 0 Å². The van der Waals surface area contributed by atoms with Crippen molar-refractivity contribution in [2.45, 2.75) is 51.2 Å². The van der Waals surface area contributed by atoms with Crippen molar-refractivity contribution < 1.29 is 9.59 Å². The van der Waals surface area contributed by atoms with Gasteiger partial charge in [0.2, 0.25) is 11.8 Å². The first-order chi connectivity index (χ1) is 11.6. The van der Waals surface area contributed by atoms with Gasteiger partial charge in [0, 0.05) is 24.6 Å². The molecule has 0 unspecified atom stereocenters. The molecular weight excluding hydrogens is 302 g/mol. The second kappa shape index (κ2) is 6.04. The molecule has 2 atom stereocenters. The number of aromatic nitrogens is 1. The topological polar surface area (TPSA) is 53.5 Å². The standard InChI is InChI=1S/C19H23N3O2/c1-13-5-4-8-15(20-13)12-22-16-9-10-21(17(16)11-18(22)23)19(24)14-6-2-3-7-14/h2-5,8,14,16-17H,6-7,9-12H2,1H3/t16-,17+/m1/s1. The number of amides is 2. The predicted molar refractivity (Wildman–Crippen MR) is 89.9 cm³/mol. The van der Waals surface area contributed by atoms with Crippen LogP contribution in [0, 0.1) is 12.8 Å². The number of fused-ring (bicyclic) bond motifs is 1. The van der Waals surface area contributed by atoms with E-state index in [9.17, 15) is 9.59 Å². The monoisotopic (exact) mass is 325 g/mol. The van der Waals surface area contributed by atoms with Crippen LogP contribution in [0.5, 0.6) is 0 Å². The maximum atomic E-state index is 12.8. The molecule has 0 saturated carbocycles. The first-order valence-corrected chi connectivity index (χ1v) is 8.81. The van der Waals surface area contributed by atoms with E-state index in [1.807, 2.05) is 34.9 Å². The Balaban J connectivity index is 1.48.